The molecule has 0 heterocycles. The third-order valence-electron chi connectivity index (χ3n) is 2.71. The van der Waals surface area contributed by atoms with Gasteiger partial charge in [-0.2, -0.15) is 0 Å². The monoisotopic (exact) mass is 320 g/mol. The number of hydrogen-bond acceptors (Lipinski definition) is 4. The molecule has 6 nitrogen and oxygen atoms in total. The third kappa shape index (κ3) is 4.06. The molecule has 1 aromatic rings. The second-order valence-corrected chi connectivity index (χ2v) is 5.35. The molecule has 0 radical (unpaired) electrons. The molecule has 0 aliphatic heterocycles. The molecule has 2 N–H and O–H groups in total. The third-order valence-corrected chi connectivity index (χ3v) is 3.51. The van der Waals surface area contributed by atoms with Crippen LogP contribution in [0, 0.1) is 16.0 Å². The van der Waals surface area contributed by atoms with Crippen LogP contribution in [0.1, 0.15) is 24.2 Å². The number of carbonyl (C=O) groups excluding carboxylic acids is 1. The summed E-state index contributed by atoms with van der Waals surface area (Å²) in [5, 5.41) is 22.7. The van der Waals surface area contributed by atoms with Crippen molar-refractivity contribution >= 4 is 34.8 Å². The van der Waals surface area contributed by atoms with E-state index < -0.39 is 16.9 Å². The van der Waals surface area contributed by atoms with Crippen LogP contribution in [0.15, 0.2) is 12.1 Å². The van der Waals surface area contributed by atoms with Gasteiger partial charge in [0, 0.05) is 18.7 Å². The largest absolute Gasteiger partial charge is 0.391 e. The number of halogens is 2. The maximum Gasteiger partial charge on any atom is 0.271 e. The Hall–Kier alpha value is -1.37. The fourth-order valence-corrected chi connectivity index (χ4v) is 1.78. The van der Waals surface area contributed by atoms with Gasteiger partial charge in [-0.3, -0.25) is 14.9 Å². The SMILES string of the molecule is CC(C)C(O)CNC(=O)c1cc([N+](=O)[O-])cc(Cl)c1Cl. The van der Waals surface area contributed by atoms with E-state index in [0.29, 0.717) is 0 Å². The van der Waals surface area contributed by atoms with Crippen molar-refractivity contribution < 1.29 is 14.8 Å². The number of nitrogens with zero attached hydrogens (tertiary/aromatic N) is 1. The van der Waals surface area contributed by atoms with Crippen LogP contribution >= 0.6 is 23.2 Å². The van der Waals surface area contributed by atoms with Crippen molar-refractivity contribution in [3.05, 3.63) is 37.9 Å². The maximum absolute atomic E-state index is 11.9. The molecule has 1 atom stereocenters. The number of amides is 1. The number of non-ortho nitro benzene ring substituents is 1. The summed E-state index contributed by atoms with van der Waals surface area (Å²) in [6.45, 7) is 3.62. The van der Waals surface area contributed by atoms with Gasteiger partial charge in [-0.1, -0.05) is 37.0 Å². The Morgan fingerprint density at radius 2 is 2.05 bits per heavy atom. The van der Waals surface area contributed by atoms with Gasteiger partial charge in [0.05, 0.1) is 26.6 Å². The smallest absolute Gasteiger partial charge is 0.271 e. The van der Waals surface area contributed by atoms with Gasteiger partial charge in [0.25, 0.3) is 11.6 Å². The van der Waals surface area contributed by atoms with Crippen LogP contribution in [0.5, 0.6) is 0 Å². The van der Waals surface area contributed by atoms with Gasteiger partial charge in [-0.15, -0.1) is 0 Å². The molecule has 1 aromatic carbocycles. The van der Waals surface area contributed by atoms with E-state index in [9.17, 15) is 20.0 Å². The molecule has 0 aliphatic carbocycles. The van der Waals surface area contributed by atoms with Gasteiger partial charge in [0.2, 0.25) is 0 Å². The number of carbonyl (C=O) groups is 1. The molecule has 0 saturated heterocycles. The molecule has 0 spiro atoms. The molecule has 0 aliphatic rings. The number of nitro groups is 1. The first-order valence-corrected chi connectivity index (χ1v) is 6.59. The number of nitrogens with one attached hydrogen (secondary N) is 1. The molecule has 0 bridgehead atoms. The predicted molar refractivity (Wildman–Crippen MR) is 76.3 cm³/mol. The summed E-state index contributed by atoms with van der Waals surface area (Å²) in [6.07, 6.45) is -0.716. The van der Waals surface area contributed by atoms with Crippen molar-refractivity contribution in [1.29, 1.82) is 0 Å². The summed E-state index contributed by atoms with van der Waals surface area (Å²) in [7, 11) is 0. The number of aliphatic hydroxyl groups is 1. The Balaban J connectivity index is 2.95. The lowest BCUT2D eigenvalue weighted by Crippen LogP contribution is -2.34. The van der Waals surface area contributed by atoms with Crippen LogP contribution in [0.4, 0.5) is 5.69 Å². The molecular weight excluding hydrogens is 307 g/mol. The van der Waals surface area contributed by atoms with Gasteiger partial charge >= 0.3 is 0 Å². The van der Waals surface area contributed by atoms with Crippen LogP contribution in [-0.2, 0) is 0 Å². The van der Waals surface area contributed by atoms with E-state index in [1.54, 1.807) is 13.8 Å². The highest BCUT2D eigenvalue weighted by Gasteiger charge is 2.20. The van der Waals surface area contributed by atoms with E-state index >= 15 is 0 Å². The van der Waals surface area contributed by atoms with Gasteiger partial charge in [0.15, 0.2) is 0 Å². The molecule has 0 saturated carbocycles. The summed E-state index contributed by atoms with van der Waals surface area (Å²) < 4.78 is 0. The normalized spacial score (nSPS) is 12.3. The topological polar surface area (TPSA) is 92.5 Å². The highest BCUT2D eigenvalue weighted by Crippen LogP contribution is 2.30. The van der Waals surface area contributed by atoms with Gasteiger partial charge in [-0.05, 0) is 5.92 Å². The average Bonchev–Trinajstić information content (AvgIpc) is 2.37. The Labute approximate surface area is 125 Å². The van der Waals surface area contributed by atoms with Crippen molar-refractivity contribution in [2.75, 3.05) is 6.54 Å². The van der Waals surface area contributed by atoms with E-state index in [4.69, 9.17) is 23.2 Å². The van der Waals surface area contributed by atoms with E-state index in [1.165, 1.54) is 0 Å². The summed E-state index contributed by atoms with van der Waals surface area (Å²) in [6, 6.07) is 2.12. The van der Waals surface area contributed by atoms with Crippen molar-refractivity contribution in [2.24, 2.45) is 5.92 Å². The minimum atomic E-state index is -0.716. The van der Waals surface area contributed by atoms with Crippen LogP contribution in [0.3, 0.4) is 0 Å². The van der Waals surface area contributed by atoms with Crippen LogP contribution in [-0.4, -0.2) is 28.6 Å². The Bertz CT molecular complexity index is 534. The molecule has 0 aromatic heterocycles. The standard InChI is InChI=1S/C12H14Cl2N2O4/c1-6(2)10(17)5-15-12(18)8-3-7(16(19)20)4-9(13)11(8)14/h3-4,6,10,17H,5H2,1-2H3,(H,15,18). The fourth-order valence-electron chi connectivity index (χ4n) is 1.37. The molecular formula is C12H14Cl2N2O4. The van der Waals surface area contributed by atoms with Crippen LogP contribution in [0.25, 0.3) is 0 Å². The average molecular weight is 321 g/mol. The highest BCUT2D eigenvalue weighted by molar-refractivity contribution is 6.44. The lowest BCUT2D eigenvalue weighted by Gasteiger charge is -2.15. The van der Waals surface area contributed by atoms with Crippen molar-refractivity contribution in [1.82, 2.24) is 5.32 Å². The number of benzene rings is 1. The quantitative estimate of drug-likeness (QED) is 0.644. The molecule has 110 valence electrons. The molecule has 1 unspecified atom stereocenters. The first-order valence-electron chi connectivity index (χ1n) is 5.83. The predicted octanol–water partition coefficient (Wildman–Crippen LogP) is 2.65. The Morgan fingerprint density at radius 1 is 1.45 bits per heavy atom. The van der Waals surface area contributed by atoms with E-state index in [2.05, 4.69) is 5.32 Å². The maximum atomic E-state index is 11.9. The number of aliphatic hydroxyl groups excluding tert-OH is 1. The van der Waals surface area contributed by atoms with Gasteiger partial charge in [-0.25, -0.2) is 0 Å². The summed E-state index contributed by atoms with van der Waals surface area (Å²) in [4.78, 5) is 22.0. The summed E-state index contributed by atoms with van der Waals surface area (Å²) in [5.74, 6) is -0.653. The zero-order chi connectivity index (χ0) is 15.4. The van der Waals surface area contributed by atoms with Gasteiger partial charge in [0.1, 0.15) is 0 Å². The summed E-state index contributed by atoms with van der Waals surface area (Å²) in [5.41, 5.74) is -0.421. The van der Waals surface area contributed by atoms with E-state index in [-0.39, 0.29) is 33.8 Å². The second kappa shape index (κ2) is 6.88. The minimum absolute atomic E-state index is 0.0210. The van der Waals surface area contributed by atoms with E-state index in [1.807, 2.05) is 0 Å². The van der Waals surface area contributed by atoms with Crippen LogP contribution < -0.4 is 5.32 Å². The first-order chi connectivity index (χ1) is 9.23. The Kier molecular flexibility index (Phi) is 5.74. The molecule has 8 heteroatoms. The zero-order valence-electron chi connectivity index (χ0n) is 10.9. The molecule has 1 amide bonds. The summed E-state index contributed by atoms with van der Waals surface area (Å²) >= 11 is 11.6. The van der Waals surface area contributed by atoms with Crippen molar-refractivity contribution in [3.8, 4) is 0 Å². The molecule has 0 fully saturated rings. The van der Waals surface area contributed by atoms with Crippen LogP contribution in [0.2, 0.25) is 10.0 Å². The zero-order valence-corrected chi connectivity index (χ0v) is 12.4. The lowest BCUT2D eigenvalue weighted by atomic mass is 10.1. The van der Waals surface area contributed by atoms with Crippen molar-refractivity contribution in [3.63, 3.8) is 0 Å². The Morgan fingerprint density at radius 3 is 2.55 bits per heavy atom. The minimum Gasteiger partial charge on any atom is -0.391 e. The van der Waals surface area contributed by atoms with Gasteiger partial charge < -0.3 is 10.4 Å². The number of hydrogen-bond donors (Lipinski definition) is 2. The highest BCUT2D eigenvalue weighted by atomic mass is 35.5. The second-order valence-electron chi connectivity index (χ2n) is 4.57. The van der Waals surface area contributed by atoms with E-state index in [0.717, 1.165) is 12.1 Å². The number of nitro benzene ring substituents is 1. The fraction of sp³-hybridized carbons (Fsp3) is 0.417. The number of rotatable bonds is 5. The molecule has 20 heavy (non-hydrogen) atoms. The van der Waals surface area contributed by atoms with Crippen molar-refractivity contribution in [2.45, 2.75) is 20.0 Å². The first kappa shape index (κ1) is 16.7. The molecule has 1 rings (SSSR count). The lowest BCUT2D eigenvalue weighted by molar-refractivity contribution is -0.384.